The highest BCUT2D eigenvalue weighted by Gasteiger charge is 2.23. The molecule has 0 N–H and O–H groups in total. The summed E-state index contributed by atoms with van der Waals surface area (Å²) in [5.41, 5.74) is 3.58. The van der Waals surface area contributed by atoms with E-state index in [1.165, 1.54) is 120 Å². The number of hydrogen-bond acceptors (Lipinski definition) is 0. The second-order valence-electron chi connectivity index (χ2n) is 10.8. The van der Waals surface area contributed by atoms with Crippen LogP contribution in [0.25, 0.3) is 0 Å². The van der Waals surface area contributed by atoms with Crippen LogP contribution in [0.1, 0.15) is 178 Å². The smallest absolute Gasteiger partial charge is 0.0216 e. The van der Waals surface area contributed by atoms with Crippen LogP contribution in [0.2, 0.25) is 0 Å². The third-order valence-electron chi connectivity index (χ3n) is 7.09. The van der Waals surface area contributed by atoms with Gasteiger partial charge in [-0.2, -0.15) is 0 Å². The third kappa shape index (κ3) is 27.7. The van der Waals surface area contributed by atoms with Crippen molar-refractivity contribution in [2.24, 2.45) is 11.3 Å². The molecule has 35 heavy (non-hydrogen) atoms. The van der Waals surface area contributed by atoms with E-state index in [-0.39, 0.29) is 0 Å². The van der Waals surface area contributed by atoms with Crippen molar-refractivity contribution in [2.75, 3.05) is 0 Å². The van der Waals surface area contributed by atoms with Gasteiger partial charge < -0.3 is 0 Å². The van der Waals surface area contributed by atoms with Crippen molar-refractivity contribution in [3.63, 3.8) is 0 Å². The topological polar surface area (TPSA) is 0 Å². The van der Waals surface area contributed by atoms with E-state index in [9.17, 15) is 0 Å². The molecule has 210 valence electrons. The number of unbranched alkanes of at least 4 members (excludes halogenated alkanes) is 3. The third-order valence-corrected chi connectivity index (χ3v) is 7.09. The van der Waals surface area contributed by atoms with Crippen LogP contribution in [0, 0.1) is 11.3 Å². The van der Waals surface area contributed by atoms with Gasteiger partial charge in [0.1, 0.15) is 0 Å². The highest BCUT2D eigenvalue weighted by molar-refractivity contribution is 5.25. The lowest BCUT2D eigenvalue weighted by Crippen LogP contribution is -2.18. The van der Waals surface area contributed by atoms with E-state index >= 15 is 0 Å². The maximum absolute atomic E-state index is 3.65. The average molecular weight is 491 g/mol. The lowest BCUT2D eigenvalue weighted by Gasteiger charge is -2.32. The molecule has 0 radical (unpaired) electrons. The number of allylic oxidation sites excluding steroid dienone is 5. The van der Waals surface area contributed by atoms with Gasteiger partial charge in [-0.15, -0.1) is 0 Å². The van der Waals surface area contributed by atoms with E-state index in [2.05, 4.69) is 60.3 Å². The summed E-state index contributed by atoms with van der Waals surface area (Å²) in [5.74, 6) is 0.813. The molecule has 0 heteroatoms. The predicted octanol–water partition coefficient (Wildman–Crippen LogP) is 13.4. The first-order chi connectivity index (χ1) is 16.9. The fourth-order valence-electron chi connectivity index (χ4n) is 4.46. The fourth-order valence-corrected chi connectivity index (χ4v) is 4.46. The Morgan fingerprint density at radius 2 is 1.29 bits per heavy atom. The van der Waals surface area contributed by atoms with Gasteiger partial charge in [-0.25, -0.2) is 0 Å². The Morgan fingerprint density at radius 3 is 1.54 bits per heavy atom. The van der Waals surface area contributed by atoms with Gasteiger partial charge in [-0.3, -0.25) is 0 Å². The maximum atomic E-state index is 3.65. The van der Waals surface area contributed by atoms with E-state index < -0.39 is 0 Å². The van der Waals surface area contributed by atoms with Crippen LogP contribution in [0.5, 0.6) is 0 Å². The summed E-state index contributed by atoms with van der Waals surface area (Å²) in [6.45, 7) is 25.2. The molecule has 3 aliphatic rings. The molecule has 0 bridgehead atoms. The molecule has 1 atom stereocenters. The molecule has 0 nitrogen and oxygen atoms in total. The second kappa shape index (κ2) is 29.5. The molecular formula is C35H70. The summed E-state index contributed by atoms with van der Waals surface area (Å²) in [6.07, 6.45) is 30.8. The second-order valence-corrected chi connectivity index (χ2v) is 10.8. The standard InChI is InChI=1S/2C9H18.C7H10.C6H12.2C2H6/c1-3-9(2)7-5-4-6-8-9;1-4-5-6-7-8-9(2)3;1-3-7-4-6(2)5-7;1-2-4-6-5-3-1;2*1-2/h3-8H2,1-2H3;8H,4-7H2,1-3H3;3-4,6H,1,5H2,2H3;1-6H2;2*1-2H3. The molecule has 0 spiro atoms. The van der Waals surface area contributed by atoms with Crippen LogP contribution in [0.4, 0.5) is 0 Å². The van der Waals surface area contributed by atoms with Crippen molar-refractivity contribution in [3.05, 3.63) is 36.0 Å². The zero-order valence-corrected chi connectivity index (χ0v) is 26.5. The Balaban J connectivity index is -0.000000375. The maximum Gasteiger partial charge on any atom is -0.0216 e. The molecule has 0 aromatic carbocycles. The average Bonchev–Trinajstić information content (AvgIpc) is 2.89. The SMILES string of the molecule is C1CCCCC1.C=CC1=CC(C)C1.CC.CC.CCC1(C)CCCCC1.CCCCCC=C(C)C. The molecule has 0 aliphatic heterocycles. The van der Waals surface area contributed by atoms with Crippen molar-refractivity contribution in [3.8, 4) is 0 Å². The van der Waals surface area contributed by atoms with Crippen molar-refractivity contribution in [1.82, 2.24) is 0 Å². The molecule has 2 saturated carbocycles. The highest BCUT2D eigenvalue weighted by atomic mass is 14.3. The van der Waals surface area contributed by atoms with Crippen molar-refractivity contribution in [1.29, 1.82) is 0 Å². The van der Waals surface area contributed by atoms with Gasteiger partial charge in [0, 0.05) is 0 Å². The van der Waals surface area contributed by atoms with Gasteiger partial charge in [0.2, 0.25) is 0 Å². The van der Waals surface area contributed by atoms with Gasteiger partial charge in [0.25, 0.3) is 0 Å². The lowest BCUT2D eigenvalue weighted by atomic mass is 9.74. The zero-order chi connectivity index (χ0) is 27.4. The molecule has 3 rings (SSSR count). The highest BCUT2D eigenvalue weighted by Crippen LogP contribution is 2.38. The minimum atomic E-state index is 0.720. The van der Waals surface area contributed by atoms with E-state index in [1.54, 1.807) is 0 Å². The Hall–Kier alpha value is -0.780. The van der Waals surface area contributed by atoms with Gasteiger partial charge in [0.05, 0.1) is 0 Å². The normalized spacial score (nSPS) is 19.1. The van der Waals surface area contributed by atoms with Crippen LogP contribution in [-0.2, 0) is 0 Å². The monoisotopic (exact) mass is 491 g/mol. The van der Waals surface area contributed by atoms with E-state index in [0.29, 0.717) is 0 Å². The van der Waals surface area contributed by atoms with Crippen LogP contribution < -0.4 is 0 Å². The fraction of sp³-hybridized carbons (Fsp3) is 0.829. The summed E-state index contributed by atoms with van der Waals surface area (Å²) in [6, 6.07) is 0. The summed E-state index contributed by atoms with van der Waals surface area (Å²) in [5, 5.41) is 0. The first-order valence-electron chi connectivity index (χ1n) is 15.8. The van der Waals surface area contributed by atoms with Gasteiger partial charge in [0.15, 0.2) is 0 Å². The Bertz CT molecular complexity index is 453. The van der Waals surface area contributed by atoms with Crippen LogP contribution in [0.3, 0.4) is 0 Å². The molecule has 2 fully saturated rings. The Labute approximate surface area is 225 Å². The van der Waals surface area contributed by atoms with Gasteiger partial charge in [-0.05, 0) is 57.3 Å². The van der Waals surface area contributed by atoms with Crippen LogP contribution >= 0.6 is 0 Å². The summed E-state index contributed by atoms with van der Waals surface area (Å²) < 4.78 is 0. The molecule has 0 saturated heterocycles. The molecule has 1 unspecified atom stereocenters. The van der Waals surface area contributed by atoms with E-state index in [1.807, 2.05) is 33.8 Å². The molecule has 0 aromatic heterocycles. The number of rotatable bonds is 6. The summed E-state index contributed by atoms with van der Waals surface area (Å²) >= 11 is 0. The van der Waals surface area contributed by atoms with E-state index in [4.69, 9.17) is 0 Å². The quantitative estimate of drug-likeness (QED) is 0.256. The zero-order valence-electron chi connectivity index (χ0n) is 26.5. The first-order valence-corrected chi connectivity index (χ1v) is 15.8. The molecule has 0 amide bonds. The summed E-state index contributed by atoms with van der Waals surface area (Å²) in [7, 11) is 0. The Kier molecular flexibility index (Phi) is 32.6. The van der Waals surface area contributed by atoms with Gasteiger partial charge in [-0.1, -0.05) is 168 Å². The Morgan fingerprint density at radius 1 is 0.857 bits per heavy atom. The number of hydrogen-bond donors (Lipinski definition) is 0. The van der Waals surface area contributed by atoms with Crippen LogP contribution in [0.15, 0.2) is 36.0 Å². The molecule has 0 heterocycles. The van der Waals surface area contributed by atoms with E-state index in [0.717, 1.165) is 11.3 Å². The lowest BCUT2D eigenvalue weighted by molar-refractivity contribution is 0.208. The van der Waals surface area contributed by atoms with Crippen LogP contribution in [-0.4, -0.2) is 0 Å². The molecule has 3 aliphatic carbocycles. The minimum Gasteiger partial charge on any atom is -0.0988 e. The largest absolute Gasteiger partial charge is 0.0988 e. The van der Waals surface area contributed by atoms with Crippen molar-refractivity contribution < 1.29 is 0 Å². The van der Waals surface area contributed by atoms with Crippen molar-refractivity contribution >= 4 is 0 Å². The summed E-state index contributed by atoms with van der Waals surface area (Å²) in [4.78, 5) is 0. The predicted molar refractivity (Wildman–Crippen MR) is 168 cm³/mol. The first kappa shape index (κ1) is 38.7. The molecule has 0 aromatic rings. The minimum absolute atomic E-state index is 0.720. The molecular weight excluding hydrogens is 420 g/mol. The van der Waals surface area contributed by atoms with Gasteiger partial charge >= 0.3 is 0 Å². The van der Waals surface area contributed by atoms with Crippen molar-refractivity contribution in [2.45, 2.75) is 178 Å².